The third-order valence-corrected chi connectivity index (χ3v) is 1.58. The van der Waals surface area contributed by atoms with Crippen molar-refractivity contribution in [3.8, 4) is 0 Å². The van der Waals surface area contributed by atoms with Gasteiger partial charge in [0.1, 0.15) is 0 Å². The van der Waals surface area contributed by atoms with Gasteiger partial charge in [-0.3, -0.25) is 4.79 Å². The molecule has 0 rings (SSSR count). The van der Waals surface area contributed by atoms with Crippen LogP contribution < -0.4 is 11.1 Å². The zero-order valence-electron chi connectivity index (χ0n) is 8.08. The molecule has 0 aliphatic rings. The Balaban J connectivity index is 3.44. The minimum atomic E-state index is -0.472. The third-order valence-electron chi connectivity index (χ3n) is 1.58. The number of amides is 1. The van der Waals surface area contributed by atoms with Crippen LogP contribution in [0.15, 0.2) is 12.7 Å². The normalized spacial score (nSPS) is 12.2. The van der Waals surface area contributed by atoms with Crippen molar-refractivity contribution in [3.05, 3.63) is 12.7 Å². The number of methoxy groups -OCH3 is 1. The lowest BCUT2D eigenvalue weighted by atomic mass is 10.2. The van der Waals surface area contributed by atoms with E-state index in [1.54, 1.807) is 13.2 Å². The monoisotopic (exact) mass is 186 g/mol. The molecule has 0 aromatic rings. The lowest BCUT2D eigenvalue weighted by molar-refractivity contribution is -0.122. The molecule has 76 valence electrons. The van der Waals surface area contributed by atoms with E-state index in [1.165, 1.54) is 0 Å². The Hall–Kier alpha value is -0.870. The Morgan fingerprint density at radius 1 is 1.77 bits per heavy atom. The van der Waals surface area contributed by atoms with Gasteiger partial charge in [-0.2, -0.15) is 0 Å². The summed E-state index contributed by atoms with van der Waals surface area (Å²) in [5.41, 5.74) is 5.53. The number of carbonyl (C=O) groups is 1. The van der Waals surface area contributed by atoms with Gasteiger partial charge in [0.25, 0.3) is 0 Å². The van der Waals surface area contributed by atoms with Crippen molar-refractivity contribution in [2.45, 2.75) is 18.9 Å². The van der Waals surface area contributed by atoms with E-state index in [4.69, 9.17) is 10.5 Å². The molecule has 4 heteroatoms. The van der Waals surface area contributed by atoms with E-state index in [-0.39, 0.29) is 5.91 Å². The molecule has 0 spiro atoms. The van der Waals surface area contributed by atoms with Gasteiger partial charge >= 0.3 is 0 Å². The minimum Gasteiger partial charge on any atom is -0.385 e. The summed E-state index contributed by atoms with van der Waals surface area (Å²) in [4.78, 5) is 11.2. The first-order chi connectivity index (χ1) is 6.22. The van der Waals surface area contributed by atoms with Crippen LogP contribution in [-0.2, 0) is 9.53 Å². The van der Waals surface area contributed by atoms with Gasteiger partial charge in [-0.25, -0.2) is 0 Å². The van der Waals surface area contributed by atoms with Crippen LogP contribution in [-0.4, -0.2) is 32.2 Å². The maximum absolute atomic E-state index is 11.2. The Bertz CT molecular complexity index is 160. The number of hydrogen-bond acceptors (Lipinski definition) is 3. The molecule has 13 heavy (non-hydrogen) atoms. The molecule has 0 saturated heterocycles. The fraction of sp³-hybridized carbons (Fsp3) is 0.667. The predicted molar refractivity (Wildman–Crippen MR) is 52.3 cm³/mol. The molecule has 1 unspecified atom stereocenters. The first-order valence-corrected chi connectivity index (χ1v) is 4.35. The second-order valence-electron chi connectivity index (χ2n) is 2.77. The molecule has 1 amide bonds. The quantitative estimate of drug-likeness (QED) is 0.436. The summed E-state index contributed by atoms with van der Waals surface area (Å²) in [6, 6.07) is -0.472. The molecule has 0 aliphatic heterocycles. The minimum absolute atomic E-state index is 0.129. The van der Waals surface area contributed by atoms with Crippen molar-refractivity contribution in [1.29, 1.82) is 0 Å². The van der Waals surface area contributed by atoms with E-state index in [0.717, 1.165) is 6.42 Å². The van der Waals surface area contributed by atoms with Crippen molar-refractivity contribution in [3.63, 3.8) is 0 Å². The molecular weight excluding hydrogens is 168 g/mol. The lowest BCUT2D eigenvalue weighted by Gasteiger charge is -2.09. The maximum Gasteiger partial charge on any atom is 0.237 e. The van der Waals surface area contributed by atoms with Crippen LogP contribution >= 0.6 is 0 Å². The number of nitrogens with one attached hydrogen (secondary N) is 1. The van der Waals surface area contributed by atoms with Gasteiger partial charge in [0.05, 0.1) is 6.04 Å². The van der Waals surface area contributed by atoms with E-state index < -0.39 is 6.04 Å². The summed E-state index contributed by atoms with van der Waals surface area (Å²) < 4.78 is 4.83. The van der Waals surface area contributed by atoms with Crippen molar-refractivity contribution < 1.29 is 9.53 Å². The van der Waals surface area contributed by atoms with Crippen LogP contribution in [0.4, 0.5) is 0 Å². The average molecular weight is 186 g/mol. The maximum atomic E-state index is 11.2. The molecular formula is C9H18N2O2. The van der Waals surface area contributed by atoms with Crippen molar-refractivity contribution >= 4 is 5.91 Å². The van der Waals surface area contributed by atoms with E-state index in [0.29, 0.717) is 19.6 Å². The van der Waals surface area contributed by atoms with Gasteiger partial charge < -0.3 is 15.8 Å². The molecule has 1 atom stereocenters. The van der Waals surface area contributed by atoms with Crippen LogP contribution in [0.1, 0.15) is 12.8 Å². The Kier molecular flexibility index (Phi) is 7.24. The molecule has 0 aromatic carbocycles. The van der Waals surface area contributed by atoms with Crippen LogP contribution in [0.2, 0.25) is 0 Å². The predicted octanol–water partition coefficient (Wildman–Crippen LogP) is 0.0425. The van der Waals surface area contributed by atoms with Gasteiger partial charge in [0, 0.05) is 20.3 Å². The zero-order valence-corrected chi connectivity index (χ0v) is 8.08. The lowest BCUT2D eigenvalue weighted by Crippen LogP contribution is -2.40. The molecule has 0 saturated carbocycles. The van der Waals surface area contributed by atoms with Crippen molar-refractivity contribution in [2.75, 3.05) is 20.3 Å². The van der Waals surface area contributed by atoms with Crippen molar-refractivity contribution in [2.24, 2.45) is 5.73 Å². The van der Waals surface area contributed by atoms with E-state index in [2.05, 4.69) is 11.9 Å². The number of carbonyl (C=O) groups excluding carboxylic acids is 1. The summed E-state index contributed by atoms with van der Waals surface area (Å²) in [6.07, 6.45) is 2.96. The average Bonchev–Trinajstić information content (AvgIpc) is 2.12. The van der Waals surface area contributed by atoms with Gasteiger partial charge in [-0.1, -0.05) is 6.08 Å². The van der Waals surface area contributed by atoms with Crippen molar-refractivity contribution in [1.82, 2.24) is 5.32 Å². The number of ether oxygens (including phenoxy) is 1. The molecule has 0 bridgehead atoms. The first-order valence-electron chi connectivity index (χ1n) is 4.35. The summed E-state index contributed by atoms with van der Waals surface area (Å²) in [5.74, 6) is -0.129. The molecule has 4 nitrogen and oxygen atoms in total. The first kappa shape index (κ1) is 12.1. The largest absolute Gasteiger partial charge is 0.385 e. The summed E-state index contributed by atoms with van der Waals surface area (Å²) >= 11 is 0. The van der Waals surface area contributed by atoms with Crippen LogP contribution in [0.3, 0.4) is 0 Å². The number of rotatable bonds is 7. The van der Waals surface area contributed by atoms with Gasteiger partial charge in [0.15, 0.2) is 0 Å². The number of hydrogen-bond donors (Lipinski definition) is 2. The molecule has 3 N–H and O–H groups in total. The molecule has 0 radical (unpaired) electrons. The SMILES string of the molecule is C=CCC(N)C(=O)NCCCOC. The third kappa shape index (κ3) is 6.31. The summed E-state index contributed by atoms with van der Waals surface area (Å²) in [6.45, 7) is 4.77. The van der Waals surface area contributed by atoms with E-state index >= 15 is 0 Å². The smallest absolute Gasteiger partial charge is 0.237 e. The standard InChI is InChI=1S/C9H18N2O2/c1-3-5-8(10)9(12)11-6-4-7-13-2/h3,8H,1,4-7,10H2,2H3,(H,11,12). The molecule has 0 aromatic heterocycles. The highest BCUT2D eigenvalue weighted by Crippen LogP contribution is 1.88. The second-order valence-corrected chi connectivity index (χ2v) is 2.77. The van der Waals surface area contributed by atoms with Crippen LogP contribution in [0.25, 0.3) is 0 Å². The highest BCUT2D eigenvalue weighted by atomic mass is 16.5. The zero-order chi connectivity index (χ0) is 10.1. The number of nitrogens with two attached hydrogens (primary N) is 1. The highest BCUT2D eigenvalue weighted by Gasteiger charge is 2.09. The molecule has 0 heterocycles. The molecule has 0 fully saturated rings. The second kappa shape index (κ2) is 7.76. The van der Waals surface area contributed by atoms with Crippen LogP contribution in [0.5, 0.6) is 0 Å². The van der Waals surface area contributed by atoms with E-state index in [1.807, 2.05) is 0 Å². The summed E-state index contributed by atoms with van der Waals surface area (Å²) in [5, 5.41) is 2.71. The Labute approximate surface area is 79.1 Å². The fourth-order valence-electron chi connectivity index (χ4n) is 0.846. The topological polar surface area (TPSA) is 64.4 Å². The Morgan fingerprint density at radius 2 is 2.46 bits per heavy atom. The van der Waals surface area contributed by atoms with Gasteiger partial charge in [-0.15, -0.1) is 6.58 Å². The van der Waals surface area contributed by atoms with E-state index in [9.17, 15) is 4.79 Å². The van der Waals surface area contributed by atoms with Crippen LogP contribution in [0, 0.1) is 0 Å². The fourth-order valence-corrected chi connectivity index (χ4v) is 0.846. The summed E-state index contributed by atoms with van der Waals surface area (Å²) in [7, 11) is 1.63. The van der Waals surface area contributed by atoms with Gasteiger partial charge in [0.2, 0.25) is 5.91 Å². The highest BCUT2D eigenvalue weighted by molar-refractivity contribution is 5.81. The molecule has 0 aliphatic carbocycles. The Morgan fingerprint density at radius 3 is 3.00 bits per heavy atom. The van der Waals surface area contributed by atoms with Gasteiger partial charge in [-0.05, 0) is 12.8 Å².